The van der Waals surface area contributed by atoms with Crippen molar-refractivity contribution in [2.75, 3.05) is 18.2 Å². The van der Waals surface area contributed by atoms with Gasteiger partial charge in [0.15, 0.2) is 6.29 Å². The number of carbonyl (C=O) groups excluding carboxylic acids is 2. The third kappa shape index (κ3) is 9.17. The maximum absolute atomic E-state index is 13.0. The number of anilines is 1. The van der Waals surface area contributed by atoms with Crippen molar-refractivity contribution < 1.29 is 38.8 Å². The van der Waals surface area contributed by atoms with Crippen molar-refractivity contribution in [2.45, 2.75) is 49.0 Å². The molecule has 11 nitrogen and oxygen atoms in total. The predicted octanol–water partition coefficient (Wildman–Crippen LogP) is 5.52. The summed E-state index contributed by atoms with van der Waals surface area (Å²) in [5.74, 6) is -1.21. The molecule has 2 heterocycles. The lowest BCUT2D eigenvalue weighted by atomic mass is 10.0. The zero-order valence-corrected chi connectivity index (χ0v) is 26.4. The number of amides is 2. The van der Waals surface area contributed by atoms with Crippen LogP contribution in [0.15, 0.2) is 102 Å². The maximum Gasteiger partial charge on any atom is 0.338 e. The number of pyridine rings is 1. The van der Waals surface area contributed by atoms with Crippen LogP contribution < -0.4 is 10.6 Å². The number of aromatic nitrogens is 1. The largest absolute Gasteiger partial charge is 0.478 e. The Hall–Kier alpha value is -4.75. The number of rotatable bonds is 12. The van der Waals surface area contributed by atoms with Gasteiger partial charge in [0.2, 0.25) is 0 Å². The van der Waals surface area contributed by atoms with E-state index >= 15 is 0 Å². The van der Waals surface area contributed by atoms with Crippen molar-refractivity contribution in [1.82, 2.24) is 10.3 Å². The third-order valence-electron chi connectivity index (χ3n) is 7.51. The maximum atomic E-state index is 13.0. The average Bonchev–Trinajstić information content (AvgIpc) is 3.10. The fraction of sp³-hybridized carbons (Fsp3) is 0.257. The number of esters is 1. The molecule has 3 aromatic carbocycles. The second-order valence-electron chi connectivity index (χ2n) is 10.8. The van der Waals surface area contributed by atoms with Gasteiger partial charge in [0.05, 0.1) is 31.5 Å². The van der Waals surface area contributed by atoms with Crippen LogP contribution in [0.3, 0.4) is 0 Å². The molecule has 1 aromatic heterocycles. The van der Waals surface area contributed by atoms with Gasteiger partial charge in [-0.15, -0.1) is 11.8 Å². The molecular formula is C35H35N3O8S. The van der Waals surface area contributed by atoms with Gasteiger partial charge in [-0.2, -0.15) is 0 Å². The van der Waals surface area contributed by atoms with Gasteiger partial charge < -0.3 is 35.1 Å². The summed E-state index contributed by atoms with van der Waals surface area (Å²) in [7, 11) is 1.27. The van der Waals surface area contributed by atoms with E-state index in [-0.39, 0.29) is 30.8 Å². The topological polar surface area (TPSA) is 156 Å². The van der Waals surface area contributed by atoms with Crippen molar-refractivity contribution in [3.05, 3.63) is 125 Å². The van der Waals surface area contributed by atoms with Crippen LogP contribution in [0.1, 0.15) is 51.4 Å². The summed E-state index contributed by atoms with van der Waals surface area (Å²) in [6, 6.07) is 25.4. The summed E-state index contributed by atoms with van der Waals surface area (Å²) in [6.45, 7) is -0.0766. The average molecular weight is 658 g/mol. The summed E-state index contributed by atoms with van der Waals surface area (Å²) in [4.78, 5) is 41.4. The van der Waals surface area contributed by atoms with E-state index in [0.29, 0.717) is 28.5 Å². The highest BCUT2D eigenvalue weighted by atomic mass is 32.2. The number of hydrogen-bond acceptors (Lipinski definition) is 9. The van der Waals surface area contributed by atoms with Crippen molar-refractivity contribution in [2.24, 2.45) is 0 Å². The lowest BCUT2D eigenvalue weighted by molar-refractivity contribution is -0.245. The molecule has 5 rings (SSSR count). The molecule has 0 saturated carbocycles. The molecule has 1 aliphatic heterocycles. The van der Waals surface area contributed by atoms with Crippen LogP contribution in [0.2, 0.25) is 0 Å². The van der Waals surface area contributed by atoms with Crippen LogP contribution >= 0.6 is 11.8 Å². The van der Waals surface area contributed by atoms with E-state index in [2.05, 4.69) is 15.6 Å². The summed E-state index contributed by atoms with van der Waals surface area (Å²) in [5, 5.41) is 25.0. The summed E-state index contributed by atoms with van der Waals surface area (Å²) < 4.78 is 17.7. The Morgan fingerprint density at radius 2 is 1.74 bits per heavy atom. The Kier molecular flexibility index (Phi) is 11.6. The predicted molar refractivity (Wildman–Crippen MR) is 175 cm³/mol. The molecule has 0 aliphatic carbocycles. The van der Waals surface area contributed by atoms with Crippen molar-refractivity contribution in [3.8, 4) is 0 Å². The molecule has 244 valence electrons. The normalized spacial score (nSPS) is 18.1. The Balaban J connectivity index is 1.31. The van der Waals surface area contributed by atoms with Gasteiger partial charge in [0.25, 0.3) is 0 Å². The lowest BCUT2D eigenvalue weighted by Gasteiger charge is -2.36. The molecule has 1 aliphatic rings. The second-order valence-corrected chi connectivity index (χ2v) is 11.8. The molecule has 2 amide bonds. The SMILES string of the molecule is COC(=O)[C@H](Cc1ccccc1)NC(=O)Nc1cccc([C@@H]2O[C@H](CSc3ncccc3C(=O)O)C[C@H](c3ccc(CO)cc3)O2)c1. The van der Waals surface area contributed by atoms with E-state index in [0.717, 1.165) is 16.7 Å². The summed E-state index contributed by atoms with van der Waals surface area (Å²) >= 11 is 1.30. The first-order valence-corrected chi connectivity index (χ1v) is 15.9. The highest BCUT2D eigenvalue weighted by molar-refractivity contribution is 7.99. The van der Waals surface area contributed by atoms with E-state index in [1.54, 1.807) is 30.5 Å². The molecule has 1 saturated heterocycles. The van der Waals surface area contributed by atoms with Gasteiger partial charge in [0.1, 0.15) is 11.1 Å². The number of aliphatic hydroxyl groups is 1. The molecule has 12 heteroatoms. The quantitative estimate of drug-likeness (QED) is 0.113. The number of urea groups is 1. The number of aromatic carboxylic acids is 1. The number of hydrogen-bond donors (Lipinski definition) is 4. The van der Waals surface area contributed by atoms with Crippen LogP contribution in [0.5, 0.6) is 0 Å². The number of benzene rings is 3. The lowest BCUT2D eigenvalue weighted by Crippen LogP contribution is -2.45. The van der Waals surface area contributed by atoms with E-state index in [1.165, 1.54) is 24.9 Å². The highest BCUT2D eigenvalue weighted by Crippen LogP contribution is 2.40. The van der Waals surface area contributed by atoms with Crippen LogP contribution in [-0.4, -0.2) is 58.2 Å². The highest BCUT2D eigenvalue weighted by Gasteiger charge is 2.33. The number of carboxylic acids is 1. The minimum Gasteiger partial charge on any atom is -0.478 e. The first-order chi connectivity index (χ1) is 22.8. The van der Waals surface area contributed by atoms with Gasteiger partial charge >= 0.3 is 18.0 Å². The van der Waals surface area contributed by atoms with Gasteiger partial charge in [0, 0.05) is 36.0 Å². The number of aliphatic hydroxyl groups excluding tert-OH is 1. The molecule has 0 spiro atoms. The van der Waals surface area contributed by atoms with Crippen molar-refractivity contribution in [3.63, 3.8) is 0 Å². The first kappa shape index (κ1) is 33.6. The Labute approximate surface area is 276 Å². The van der Waals surface area contributed by atoms with Crippen LogP contribution in [0.25, 0.3) is 0 Å². The summed E-state index contributed by atoms with van der Waals surface area (Å²) in [5.41, 5.74) is 3.76. The molecule has 0 unspecified atom stereocenters. The number of nitrogens with one attached hydrogen (secondary N) is 2. The fourth-order valence-corrected chi connectivity index (χ4v) is 6.14. The molecule has 1 fully saturated rings. The number of carbonyl (C=O) groups is 3. The first-order valence-electron chi connectivity index (χ1n) is 14.9. The number of thioether (sulfide) groups is 1. The Morgan fingerprint density at radius 3 is 2.47 bits per heavy atom. The minimum atomic E-state index is -1.06. The smallest absolute Gasteiger partial charge is 0.338 e. The van der Waals surface area contributed by atoms with Gasteiger partial charge in [-0.1, -0.05) is 66.7 Å². The van der Waals surface area contributed by atoms with Crippen molar-refractivity contribution >= 4 is 35.4 Å². The number of ether oxygens (including phenoxy) is 3. The van der Waals surface area contributed by atoms with Crippen molar-refractivity contribution in [1.29, 1.82) is 0 Å². The van der Waals surface area contributed by atoms with Gasteiger partial charge in [-0.25, -0.2) is 19.4 Å². The summed E-state index contributed by atoms with van der Waals surface area (Å²) in [6.07, 6.45) is 0.783. The number of methoxy groups -OCH3 is 1. The zero-order chi connectivity index (χ0) is 33.2. The zero-order valence-electron chi connectivity index (χ0n) is 25.6. The van der Waals surface area contributed by atoms with E-state index < -0.39 is 30.3 Å². The monoisotopic (exact) mass is 657 g/mol. The van der Waals surface area contributed by atoms with E-state index in [4.69, 9.17) is 14.2 Å². The van der Waals surface area contributed by atoms with Gasteiger partial charge in [-0.3, -0.25) is 0 Å². The molecule has 47 heavy (non-hydrogen) atoms. The minimum absolute atomic E-state index is 0.0766. The second kappa shape index (κ2) is 16.2. The van der Waals surface area contributed by atoms with Crippen LogP contribution in [0.4, 0.5) is 10.5 Å². The molecule has 4 atom stereocenters. The molecule has 0 bridgehead atoms. The third-order valence-corrected chi connectivity index (χ3v) is 8.65. The van der Waals surface area contributed by atoms with E-state index in [1.807, 2.05) is 60.7 Å². The molecular weight excluding hydrogens is 622 g/mol. The van der Waals surface area contributed by atoms with Crippen LogP contribution in [-0.2, 0) is 32.0 Å². The number of carboxylic acid groups (broad SMARTS) is 1. The molecule has 0 radical (unpaired) electrons. The fourth-order valence-electron chi connectivity index (χ4n) is 5.14. The van der Waals surface area contributed by atoms with Gasteiger partial charge in [-0.05, 0) is 41.0 Å². The number of nitrogens with zero attached hydrogens (tertiary/aromatic N) is 1. The Morgan fingerprint density at radius 1 is 0.957 bits per heavy atom. The van der Waals surface area contributed by atoms with E-state index in [9.17, 15) is 24.6 Å². The molecule has 4 aromatic rings. The Bertz CT molecular complexity index is 1670. The van der Waals surface area contributed by atoms with Crippen LogP contribution in [0, 0.1) is 0 Å². The standard InChI is InChI=1S/C35H35N3O8S/c1-44-33(42)29(17-22-7-3-2-4-8-22)38-35(43)37-26-10-5-9-25(18-26)34-45-27(21-47-31-28(32(40)41)11-6-16-36-31)19-30(46-34)24-14-12-23(20-39)13-15-24/h2-16,18,27,29-30,34,39H,17,19-21H2,1H3,(H,40,41)(H2,37,38,43)/t27-,29-,30+,34+/m0/s1. The molecule has 4 N–H and O–H groups in total.